The summed E-state index contributed by atoms with van der Waals surface area (Å²) < 4.78 is 5.24. The highest BCUT2D eigenvalue weighted by atomic mass is 16.5. The van der Waals surface area contributed by atoms with E-state index in [1.54, 1.807) is 36.4 Å². The van der Waals surface area contributed by atoms with Crippen molar-refractivity contribution in [1.29, 1.82) is 10.8 Å². The number of piperazine rings is 1. The minimum Gasteiger partial charge on any atom is -0.497 e. The highest BCUT2D eigenvalue weighted by Gasteiger charge is 2.40. The zero-order chi connectivity index (χ0) is 36.4. The summed E-state index contributed by atoms with van der Waals surface area (Å²) in [6.07, 6.45) is 0.463. The standard InChI is InChI=1S/C35H40N8O7/c1-50-26-14-4-21(5-15-26)19-27(41-33(47)25-12-8-23(9-13-25)31(38)39)34(48)43-18-17-42(20-29(44)45)35(49)28(43)3-2-16-40-32(46)24-10-6-22(7-11-24)30(36)37/h4-15,27-28H,2-3,16-20H2,1H3,(H3,36,37)(H3,38,39)(H,40,46)(H,41,47)(H,44,45)/t27?,28-/m0/s1. The third kappa shape index (κ3) is 9.43. The van der Waals surface area contributed by atoms with E-state index >= 15 is 0 Å². The van der Waals surface area contributed by atoms with Gasteiger partial charge in [-0.3, -0.25) is 34.8 Å². The molecule has 0 bridgehead atoms. The summed E-state index contributed by atoms with van der Waals surface area (Å²) >= 11 is 0. The van der Waals surface area contributed by atoms with E-state index in [4.69, 9.17) is 27.0 Å². The van der Waals surface area contributed by atoms with Gasteiger partial charge in [0.15, 0.2) is 0 Å². The van der Waals surface area contributed by atoms with E-state index in [1.165, 1.54) is 53.3 Å². The summed E-state index contributed by atoms with van der Waals surface area (Å²) in [5.74, 6) is -2.89. The maximum Gasteiger partial charge on any atom is 0.323 e. The summed E-state index contributed by atoms with van der Waals surface area (Å²) in [6.45, 7) is -0.372. The summed E-state index contributed by atoms with van der Waals surface area (Å²) in [6, 6.07) is 17.0. The molecule has 1 aliphatic rings. The van der Waals surface area contributed by atoms with Gasteiger partial charge >= 0.3 is 5.97 Å². The normalized spacial score (nSPS) is 14.7. The number of carboxylic acid groups (broad SMARTS) is 1. The van der Waals surface area contributed by atoms with E-state index in [1.807, 2.05) is 0 Å². The van der Waals surface area contributed by atoms with Crippen LogP contribution in [0.1, 0.15) is 50.2 Å². The van der Waals surface area contributed by atoms with Crippen molar-refractivity contribution in [3.05, 3.63) is 101 Å². The molecule has 2 atom stereocenters. The number of rotatable bonds is 15. The molecule has 15 nitrogen and oxygen atoms in total. The molecule has 15 heteroatoms. The predicted molar refractivity (Wildman–Crippen MR) is 184 cm³/mol. The lowest BCUT2D eigenvalue weighted by Crippen LogP contribution is -2.63. The summed E-state index contributed by atoms with van der Waals surface area (Å²) in [5.41, 5.74) is 13.2. The predicted octanol–water partition coefficient (Wildman–Crippen LogP) is 0.939. The minimum atomic E-state index is -1.19. The molecule has 1 saturated heterocycles. The third-order valence-electron chi connectivity index (χ3n) is 8.25. The summed E-state index contributed by atoms with van der Waals surface area (Å²) in [5, 5.41) is 30.1. The van der Waals surface area contributed by atoms with Crippen LogP contribution in [0, 0.1) is 10.8 Å². The van der Waals surface area contributed by atoms with Crippen molar-refractivity contribution >= 4 is 41.3 Å². The van der Waals surface area contributed by atoms with Crippen molar-refractivity contribution in [2.24, 2.45) is 11.5 Å². The second-order valence-corrected chi connectivity index (χ2v) is 11.7. The number of nitrogens with two attached hydrogens (primary N) is 2. The molecule has 1 heterocycles. The summed E-state index contributed by atoms with van der Waals surface area (Å²) in [4.78, 5) is 68.1. The molecule has 3 aromatic rings. The van der Waals surface area contributed by atoms with E-state index in [9.17, 15) is 29.1 Å². The van der Waals surface area contributed by atoms with Crippen molar-refractivity contribution in [2.75, 3.05) is 33.3 Å². The average molecular weight is 685 g/mol. The van der Waals surface area contributed by atoms with Crippen LogP contribution in [0.25, 0.3) is 0 Å². The van der Waals surface area contributed by atoms with Gasteiger partial charge in [-0.15, -0.1) is 0 Å². The zero-order valence-electron chi connectivity index (χ0n) is 27.5. The smallest absolute Gasteiger partial charge is 0.323 e. The fraction of sp³-hybridized carbons (Fsp3) is 0.286. The van der Waals surface area contributed by atoms with Crippen molar-refractivity contribution in [1.82, 2.24) is 20.4 Å². The Bertz CT molecular complexity index is 1740. The molecular weight excluding hydrogens is 644 g/mol. The Hall–Kier alpha value is -6.25. The topological polar surface area (TPSA) is 245 Å². The van der Waals surface area contributed by atoms with E-state index in [2.05, 4.69) is 10.6 Å². The van der Waals surface area contributed by atoms with Gasteiger partial charge in [0.2, 0.25) is 11.8 Å². The molecule has 4 amide bonds. The van der Waals surface area contributed by atoms with Crippen molar-refractivity contribution < 1.29 is 33.8 Å². The summed E-state index contributed by atoms with van der Waals surface area (Å²) in [7, 11) is 1.53. The number of hydrogen-bond donors (Lipinski definition) is 7. The fourth-order valence-electron chi connectivity index (χ4n) is 5.54. The zero-order valence-corrected chi connectivity index (χ0v) is 27.5. The highest BCUT2D eigenvalue weighted by Crippen LogP contribution is 2.20. The number of carbonyl (C=O) groups excluding carboxylic acids is 4. The maximum absolute atomic E-state index is 14.3. The molecule has 262 valence electrons. The van der Waals surface area contributed by atoms with Crippen LogP contribution in [0.4, 0.5) is 0 Å². The Kier molecular flexibility index (Phi) is 12.2. The number of hydrogen-bond acceptors (Lipinski definition) is 8. The van der Waals surface area contributed by atoms with Crippen molar-refractivity contribution in [3.8, 4) is 5.75 Å². The Labute approximate surface area is 288 Å². The fourth-order valence-corrected chi connectivity index (χ4v) is 5.54. The average Bonchev–Trinajstić information content (AvgIpc) is 3.10. The molecule has 1 fully saturated rings. The molecule has 0 aromatic heterocycles. The SMILES string of the molecule is COc1ccc(CC(NC(=O)c2ccc(C(=N)N)cc2)C(=O)N2CCN(CC(=O)O)C(=O)[C@@H]2CCCNC(=O)c2ccc(C(=N)N)cc2)cc1. The molecule has 1 aliphatic heterocycles. The van der Waals surface area contributed by atoms with Crippen LogP contribution >= 0.6 is 0 Å². The second-order valence-electron chi connectivity index (χ2n) is 11.7. The van der Waals surface area contributed by atoms with Gasteiger partial charge in [-0.25, -0.2) is 0 Å². The first-order valence-electron chi connectivity index (χ1n) is 15.8. The number of amides is 4. The Balaban J connectivity index is 1.53. The lowest BCUT2D eigenvalue weighted by atomic mass is 9.99. The number of aliphatic carboxylic acids is 1. The second kappa shape index (κ2) is 16.7. The molecule has 1 unspecified atom stereocenters. The molecule has 9 N–H and O–H groups in total. The molecule has 0 saturated carbocycles. The van der Waals surface area contributed by atoms with Gasteiger partial charge in [0.1, 0.15) is 36.0 Å². The van der Waals surface area contributed by atoms with Gasteiger partial charge < -0.3 is 41.7 Å². The molecule has 0 spiro atoms. The Morgan fingerprint density at radius 3 is 1.92 bits per heavy atom. The van der Waals surface area contributed by atoms with Crippen LogP contribution in [-0.2, 0) is 20.8 Å². The van der Waals surface area contributed by atoms with Crippen LogP contribution in [0.5, 0.6) is 5.75 Å². The van der Waals surface area contributed by atoms with Gasteiger partial charge in [-0.05, 0) is 54.8 Å². The van der Waals surface area contributed by atoms with Gasteiger partial charge in [0, 0.05) is 48.3 Å². The highest BCUT2D eigenvalue weighted by molar-refractivity contribution is 6.01. The number of nitrogens with zero attached hydrogens (tertiary/aromatic N) is 2. The molecule has 4 rings (SSSR count). The van der Waals surface area contributed by atoms with Crippen LogP contribution in [0.15, 0.2) is 72.8 Å². The number of ether oxygens (including phenoxy) is 1. The maximum atomic E-state index is 14.3. The van der Waals surface area contributed by atoms with Crippen molar-refractivity contribution in [3.63, 3.8) is 0 Å². The molecule has 3 aromatic carbocycles. The van der Waals surface area contributed by atoms with E-state index in [0.29, 0.717) is 28.0 Å². The number of nitrogen functional groups attached to an aromatic ring is 2. The van der Waals surface area contributed by atoms with Crippen LogP contribution in [-0.4, -0.2) is 102 Å². The first-order valence-corrected chi connectivity index (χ1v) is 15.8. The van der Waals surface area contributed by atoms with Gasteiger partial charge in [-0.1, -0.05) is 36.4 Å². The Morgan fingerprint density at radius 1 is 0.860 bits per heavy atom. The Morgan fingerprint density at radius 2 is 1.40 bits per heavy atom. The lowest BCUT2D eigenvalue weighted by Gasteiger charge is -2.41. The van der Waals surface area contributed by atoms with Crippen LogP contribution in [0.3, 0.4) is 0 Å². The molecule has 0 aliphatic carbocycles. The van der Waals surface area contributed by atoms with Gasteiger partial charge in [0.05, 0.1) is 7.11 Å². The largest absolute Gasteiger partial charge is 0.497 e. The minimum absolute atomic E-state index is 0.0178. The first kappa shape index (κ1) is 36.6. The number of benzene rings is 3. The van der Waals surface area contributed by atoms with Gasteiger partial charge in [0.25, 0.3) is 11.8 Å². The van der Waals surface area contributed by atoms with Gasteiger partial charge in [-0.2, -0.15) is 0 Å². The number of amidine groups is 2. The van der Waals surface area contributed by atoms with E-state index in [0.717, 1.165) is 0 Å². The number of nitrogens with one attached hydrogen (secondary N) is 4. The number of carboxylic acids is 1. The number of carbonyl (C=O) groups is 5. The number of methoxy groups -OCH3 is 1. The third-order valence-corrected chi connectivity index (χ3v) is 8.25. The monoisotopic (exact) mass is 684 g/mol. The van der Waals surface area contributed by atoms with Crippen LogP contribution in [0.2, 0.25) is 0 Å². The van der Waals surface area contributed by atoms with E-state index in [-0.39, 0.29) is 62.0 Å². The quantitative estimate of drug-likeness (QED) is 0.0683. The lowest BCUT2D eigenvalue weighted by molar-refractivity contribution is -0.156. The molecule has 50 heavy (non-hydrogen) atoms. The molecule has 0 radical (unpaired) electrons. The molecular formula is C35H40N8O7. The van der Waals surface area contributed by atoms with Crippen molar-refractivity contribution in [2.45, 2.75) is 31.3 Å². The van der Waals surface area contributed by atoms with E-state index < -0.39 is 42.3 Å². The first-order chi connectivity index (χ1) is 23.9. The van der Waals surface area contributed by atoms with Crippen LogP contribution < -0.4 is 26.8 Å².